The molecule has 1 heterocycles. The lowest BCUT2D eigenvalue weighted by molar-refractivity contribution is 1.15. The van der Waals surface area contributed by atoms with E-state index in [2.05, 4.69) is 53.8 Å². The highest BCUT2D eigenvalue weighted by Crippen LogP contribution is 2.28. The van der Waals surface area contributed by atoms with Crippen LogP contribution in [-0.4, -0.2) is 9.97 Å². The van der Waals surface area contributed by atoms with Gasteiger partial charge in [0.2, 0.25) is 0 Å². The average Bonchev–Trinajstić information content (AvgIpc) is 2.25. The number of hydrogen-bond donors (Lipinski definition) is 1. The summed E-state index contributed by atoms with van der Waals surface area (Å²) in [6.45, 7) is 0. The van der Waals surface area contributed by atoms with Gasteiger partial charge in [0.05, 0.1) is 15.2 Å². The predicted molar refractivity (Wildman–Crippen MR) is 77.2 cm³/mol. The number of anilines is 2. The number of nitrogens with zero attached hydrogens (tertiary/aromatic N) is 2. The molecule has 0 atom stereocenters. The first-order valence-electron chi connectivity index (χ1n) is 4.34. The zero-order valence-electron chi connectivity index (χ0n) is 7.92. The number of nitrogens with one attached hydrogen (secondary N) is 1. The summed E-state index contributed by atoms with van der Waals surface area (Å²) in [6, 6.07) is 5.78. The number of halogens is 3. The Labute approximate surface area is 120 Å². The van der Waals surface area contributed by atoms with Crippen LogP contribution < -0.4 is 5.32 Å². The van der Waals surface area contributed by atoms with Crippen molar-refractivity contribution in [3.63, 3.8) is 0 Å². The average molecular weight is 410 g/mol. The molecule has 3 nitrogen and oxygen atoms in total. The Bertz CT molecular complexity index is 521. The zero-order valence-corrected chi connectivity index (χ0v) is 12.4. The Balaban J connectivity index is 2.31. The van der Waals surface area contributed by atoms with E-state index in [0.29, 0.717) is 10.8 Å². The lowest BCUT2D eigenvalue weighted by Crippen LogP contribution is -1.96. The van der Waals surface area contributed by atoms with E-state index < -0.39 is 0 Å². The van der Waals surface area contributed by atoms with Crippen LogP contribution in [0.5, 0.6) is 0 Å². The molecule has 0 fully saturated rings. The third kappa shape index (κ3) is 2.83. The van der Waals surface area contributed by atoms with Crippen LogP contribution in [0.15, 0.2) is 35.2 Å². The minimum absolute atomic E-state index is 0.664. The fourth-order valence-corrected chi connectivity index (χ4v) is 2.35. The van der Waals surface area contributed by atoms with Gasteiger partial charge in [-0.15, -0.1) is 0 Å². The molecule has 0 amide bonds. The number of hydrogen-bond acceptors (Lipinski definition) is 3. The fraction of sp³-hybridized carbons (Fsp3) is 0. The van der Waals surface area contributed by atoms with Crippen LogP contribution in [0.25, 0.3) is 0 Å². The summed E-state index contributed by atoms with van der Waals surface area (Å²) < 4.78 is 1.89. The minimum atomic E-state index is 0.664. The van der Waals surface area contributed by atoms with Gasteiger partial charge >= 0.3 is 0 Å². The van der Waals surface area contributed by atoms with Crippen molar-refractivity contribution in [2.75, 3.05) is 5.32 Å². The number of benzene rings is 1. The molecule has 82 valence electrons. The smallest absolute Gasteiger partial charge is 0.148 e. The van der Waals surface area contributed by atoms with Crippen molar-refractivity contribution in [2.24, 2.45) is 0 Å². The van der Waals surface area contributed by atoms with Crippen molar-refractivity contribution in [3.8, 4) is 0 Å². The zero-order chi connectivity index (χ0) is 11.5. The normalized spacial score (nSPS) is 10.2. The van der Waals surface area contributed by atoms with Crippen LogP contribution >= 0.6 is 50.1 Å². The van der Waals surface area contributed by atoms with Gasteiger partial charge in [0.25, 0.3) is 0 Å². The molecular formula is C10H6BrClIN3. The molecule has 0 radical (unpaired) electrons. The van der Waals surface area contributed by atoms with Crippen LogP contribution in [0.4, 0.5) is 11.5 Å². The summed E-state index contributed by atoms with van der Waals surface area (Å²) in [7, 11) is 0. The molecule has 2 aromatic rings. The molecule has 0 aliphatic carbocycles. The standard InChI is InChI=1S/C10H6BrClIN3/c11-7-4-14-5-15-10(7)16-9-2-1-6(13)3-8(9)12/h1-5H,(H,14,15,16). The molecule has 2 rings (SSSR count). The van der Waals surface area contributed by atoms with Gasteiger partial charge in [-0.3, -0.25) is 0 Å². The van der Waals surface area contributed by atoms with Gasteiger partial charge in [0.15, 0.2) is 0 Å². The Morgan fingerprint density at radius 1 is 1.38 bits per heavy atom. The highest BCUT2D eigenvalue weighted by atomic mass is 127. The molecule has 0 saturated heterocycles. The Kier molecular flexibility index (Phi) is 3.99. The van der Waals surface area contributed by atoms with Crippen molar-refractivity contribution in [1.82, 2.24) is 9.97 Å². The molecule has 16 heavy (non-hydrogen) atoms. The molecule has 0 bridgehead atoms. The predicted octanol–water partition coefficient (Wildman–Crippen LogP) is 4.24. The van der Waals surface area contributed by atoms with Crippen LogP contribution in [0.2, 0.25) is 5.02 Å². The summed E-state index contributed by atoms with van der Waals surface area (Å²) in [5.41, 5.74) is 0.821. The van der Waals surface area contributed by atoms with Gasteiger partial charge in [-0.05, 0) is 56.7 Å². The van der Waals surface area contributed by atoms with Crippen molar-refractivity contribution in [1.29, 1.82) is 0 Å². The molecule has 0 aliphatic heterocycles. The summed E-state index contributed by atoms with van der Waals surface area (Å²) in [5.74, 6) is 0.693. The van der Waals surface area contributed by atoms with E-state index in [9.17, 15) is 0 Å². The quantitative estimate of drug-likeness (QED) is 0.753. The van der Waals surface area contributed by atoms with Gasteiger partial charge in [0, 0.05) is 9.77 Å². The molecule has 6 heteroatoms. The van der Waals surface area contributed by atoms with E-state index >= 15 is 0 Å². The van der Waals surface area contributed by atoms with Crippen molar-refractivity contribution in [3.05, 3.63) is 43.8 Å². The topological polar surface area (TPSA) is 37.8 Å². The highest BCUT2D eigenvalue weighted by molar-refractivity contribution is 14.1. The van der Waals surface area contributed by atoms with Crippen LogP contribution in [0, 0.1) is 3.57 Å². The van der Waals surface area contributed by atoms with Crippen molar-refractivity contribution in [2.45, 2.75) is 0 Å². The van der Waals surface area contributed by atoms with E-state index in [1.54, 1.807) is 6.20 Å². The Morgan fingerprint density at radius 2 is 2.19 bits per heavy atom. The second-order valence-corrected chi connectivity index (χ2v) is 5.48. The van der Waals surface area contributed by atoms with E-state index in [-0.39, 0.29) is 0 Å². The third-order valence-corrected chi connectivity index (χ3v) is 3.42. The maximum absolute atomic E-state index is 6.11. The second kappa shape index (κ2) is 5.29. The summed E-state index contributed by atoms with van der Waals surface area (Å²) >= 11 is 11.7. The Hall–Kier alpha value is -0.400. The number of rotatable bonds is 2. The molecule has 1 N–H and O–H groups in total. The number of aromatic nitrogens is 2. The lowest BCUT2D eigenvalue weighted by atomic mass is 10.3. The third-order valence-electron chi connectivity index (χ3n) is 1.85. The maximum atomic E-state index is 6.11. The van der Waals surface area contributed by atoms with Gasteiger partial charge in [-0.25, -0.2) is 9.97 Å². The van der Waals surface area contributed by atoms with Crippen molar-refractivity contribution < 1.29 is 0 Å². The van der Waals surface area contributed by atoms with Gasteiger partial charge in [-0.2, -0.15) is 0 Å². The minimum Gasteiger partial charge on any atom is -0.338 e. The summed E-state index contributed by atoms with van der Waals surface area (Å²) in [5, 5.41) is 3.80. The highest BCUT2D eigenvalue weighted by Gasteiger charge is 2.04. The molecule has 0 aliphatic rings. The van der Waals surface area contributed by atoms with E-state index in [0.717, 1.165) is 13.7 Å². The van der Waals surface area contributed by atoms with E-state index in [4.69, 9.17) is 11.6 Å². The second-order valence-electron chi connectivity index (χ2n) is 2.97. The molecule has 0 unspecified atom stereocenters. The van der Waals surface area contributed by atoms with E-state index in [1.807, 2.05) is 18.2 Å². The molecule has 1 aromatic heterocycles. The van der Waals surface area contributed by atoms with E-state index in [1.165, 1.54) is 6.33 Å². The monoisotopic (exact) mass is 409 g/mol. The Morgan fingerprint density at radius 3 is 2.88 bits per heavy atom. The van der Waals surface area contributed by atoms with Crippen LogP contribution in [0.1, 0.15) is 0 Å². The lowest BCUT2D eigenvalue weighted by Gasteiger charge is -2.08. The van der Waals surface area contributed by atoms with Crippen LogP contribution in [0.3, 0.4) is 0 Å². The largest absolute Gasteiger partial charge is 0.338 e. The van der Waals surface area contributed by atoms with Gasteiger partial charge in [-0.1, -0.05) is 11.6 Å². The fourth-order valence-electron chi connectivity index (χ4n) is 1.12. The molecular weight excluding hydrogens is 404 g/mol. The SMILES string of the molecule is Clc1cc(I)ccc1Nc1ncncc1Br. The first kappa shape index (κ1) is 12.1. The first-order chi connectivity index (χ1) is 7.66. The molecule has 0 saturated carbocycles. The van der Waals surface area contributed by atoms with Crippen LogP contribution in [-0.2, 0) is 0 Å². The summed E-state index contributed by atoms with van der Waals surface area (Å²) in [6.07, 6.45) is 3.16. The van der Waals surface area contributed by atoms with Gasteiger partial charge in [0.1, 0.15) is 12.1 Å². The maximum Gasteiger partial charge on any atom is 0.148 e. The van der Waals surface area contributed by atoms with Crippen molar-refractivity contribution >= 4 is 61.6 Å². The van der Waals surface area contributed by atoms with Gasteiger partial charge < -0.3 is 5.32 Å². The molecule has 0 spiro atoms. The molecule has 1 aromatic carbocycles. The summed E-state index contributed by atoms with van der Waals surface area (Å²) in [4.78, 5) is 8.00. The first-order valence-corrected chi connectivity index (χ1v) is 6.59.